The standard InChI is InChI=1S/C44H80O9/c1-4-6-21-27-37(46)31-32-41-39(40(47)33-44(50)53-41)28-23-19-20-25-30-43(49)52-38(34-45)35-51-42(48)29-24-18-16-14-12-10-8-7-9-11-13-15-17-22-26-36(3)5-2/h19,23,31-32,36-41,44-47,50H,4-18,20-22,24-30,33-35H2,1-3H3/b23-19-,32-31+/t36?,37-,38-,39-,40-,41+,44?/m0/s1. The molecule has 310 valence electrons. The zero-order valence-corrected chi connectivity index (χ0v) is 34.0. The number of aliphatic hydroxyl groups is 4. The van der Waals surface area contributed by atoms with Gasteiger partial charge in [-0.15, -0.1) is 0 Å². The molecule has 0 aliphatic carbocycles. The van der Waals surface area contributed by atoms with Gasteiger partial charge in [0, 0.05) is 25.2 Å². The molecular weight excluding hydrogens is 672 g/mol. The molecule has 0 aromatic carbocycles. The lowest BCUT2D eigenvalue weighted by atomic mass is 9.87. The van der Waals surface area contributed by atoms with Gasteiger partial charge in [0.15, 0.2) is 12.4 Å². The van der Waals surface area contributed by atoms with E-state index in [0.29, 0.717) is 32.1 Å². The van der Waals surface area contributed by atoms with Gasteiger partial charge in [0.05, 0.1) is 24.9 Å². The first-order valence-electron chi connectivity index (χ1n) is 21.7. The second-order valence-electron chi connectivity index (χ2n) is 15.5. The summed E-state index contributed by atoms with van der Waals surface area (Å²) in [5, 5.41) is 40.4. The Bertz CT molecular complexity index is 938. The van der Waals surface area contributed by atoms with E-state index in [1.165, 1.54) is 83.5 Å². The monoisotopic (exact) mass is 753 g/mol. The fourth-order valence-electron chi connectivity index (χ4n) is 6.80. The van der Waals surface area contributed by atoms with Gasteiger partial charge in [-0.3, -0.25) is 9.59 Å². The predicted octanol–water partition coefficient (Wildman–Crippen LogP) is 9.42. The Kier molecular flexibility index (Phi) is 31.2. The zero-order valence-electron chi connectivity index (χ0n) is 34.0. The van der Waals surface area contributed by atoms with Crippen molar-refractivity contribution in [2.45, 2.75) is 218 Å². The van der Waals surface area contributed by atoms with Gasteiger partial charge in [-0.05, 0) is 38.0 Å². The van der Waals surface area contributed by atoms with Gasteiger partial charge in [-0.25, -0.2) is 0 Å². The third-order valence-electron chi connectivity index (χ3n) is 10.6. The van der Waals surface area contributed by atoms with Crippen LogP contribution < -0.4 is 0 Å². The highest BCUT2D eigenvalue weighted by Crippen LogP contribution is 2.29. The lowest BCUT2D eigenvalue weighted by Gasteiger charge is -2.36. The molecule has 1 saturated heterocycles. The van der Waals surface area contributed by atoms with Crippen LogP contribution in [0, 0.1) is 11.8 Å². The maximum atomic E-state index is 12.3. The molecule has 53 heavy (non-hydrogen) atoms. The molecule has 4 N–H and O–H groups in total. The van der Waals surface area contributed by atoms with Crippen molar-refractivity contribution in [3.63, 3.8) is 0 Å². The Balaban J connectivity index is 2.10. The summed E-state index contributed by atoms with van der Waals surface area (Å²) in [6.45, 7) is 6.20. The topological polar surface area (TPSA) is 143 Å². The Labute approximate surface area is 323 Å². The lowest BCUT2D eigenvalue weighted by molar-refractivity contribution is -0.199. The Hall–Kier alpha value is -1.78. The van der Waals surface area contributed by atoms with Crippen LogP contribution in [0.3, 0.4) is 0 Å². The molecular formula is C44H80O9. The molecule has 1 fully saturated rings. The predicted molar refractivity (Wildman–Crippen MR) is 213 cm³/mol. The molecule has 0 aromatic heterocycles. The summed E-state index contributed by atoms with van der Waals surface area (Å²) < 4.78 is 16.2. The highest BCUT2D eigenvalue weighted by atomic mass is 16.6. The highest BCUT2D eigenvalue weighted by Gasteiger charge is 2.35. The third-order valence-corrected chi connectivity index (χ3v) is 10.6. The number of hydrogen-bond donors (Lipinski definition) is 4. The van der Waals surface area contributed by atoms with Gasteiger partial charge < -0.3 is 34.6 Å². The van der Waals surface area contributed by atoms with Crippen molar-refractivity contribution < 1.29 is 44.2 Å². The van der Waals surface area contributed by atoms with Gasteiger partial charge in [0.25, 0.3) is 0 Å². The molecule has 9 nitrogen and oxygen atoms in total. The molecule has 0 spiro atoms. The molecule has 1 aliphatic heterocycles. The van der Waals surface area contributed by atoms with E-state index >= 15 is 0 Å². The van der Waals surface area contributed by atoms with Gasteiger partial charge >= 0.3 is 11.9 Å². The van der Waals surface area contributed by atoms with Crippen molar-refractivity contribution in [2.24, 2.45) is 11.8 Å². The second kappa shape index (κ2) is 33.5. The maximum Gasteiger partial charge on any atom is 0.306 e. The zero-order chi connectivity index (χ0) is 38.9. The number of hydrogen-bond acceptors (Lipinski definition) is 9. The first-order chi connectivity index (χ1) is 25.7. The number of esters is 2. The van der Waals surface area contributed by atoms with Crippen molar-refractivity contribution in [3.05, 3.63) is 24.3 Å². The van der Waals surface area contributed by atoms with E-state index < -0.39 is 43.3 Å². The SMILES string of the molecule is CCCCC[C@H](O)/C=C/[C@H]1OC(O)C[C@H](O)[C@@H]1C/C=C\CCCC(=O)O[C@@H](CO)COC(=O)CCCCCCCCCCCCCCCCC(C)CC. The molecule has 1 aliphatic rings. The molecule has 0 bridgehead atoms. The number of carbonyl (C=O) groups excluding carboxylic acids is 2. The molecule has 2 unspecified atom stereocenters. The summed E-state index contributed by atoms with van der Waals surface area (Å²) in [4.78, 5) is 24.5. The van der Waals surface area contributed by atoms with Crippen LogP contribution in [0.5, 0.6) is 0 Å². The molecule has 7 atom stereocenters. The summed E-state index contributed by atoms with van der Waals surface area (Å²) in [5.41, 5.74) is 0. The smallest absolute Gasteiger partial charge is 0.306 e. The average Bonchev–Trinajstić information content (AvgIpc) is 3.14. The van der Waals surface area contributed by atoms with Crippen LogP contribution in [0.1, 0.15) is 188 Å². The van der Waals surface area contributed by atoms with Gasteiger partial charge in [0.2, 0.25) is 0 Å². The first-order valence-corrected chi connectivity index (χ1v) is 21.7. The Morgan fingerprint density at radius 3 is 1.96 bits per heavy atom. The van der Waals surface area contributed by atoms with Crippen molar-refractivity contribution in [3.8, 4) is 0 Å². The molecule has 1 heterocycles. The van der Waals surface area contributed by atoms with Crippen molar-refractivity contribution in [1.29, 1.82) is 0 Å². The van der Waals surface area contributed by atoms with Crippen LogP contribution in [0.25, 0.3) is 0 Å². The number of carbonyl (C=O) groups is 2. The number of allylic oxidation sites excluding steroid dienone is 2. The summed E-state index contributed by atoms with van der Waals surface area (Å²) in [6, 6.07) is 0. The van der Waals surface area contributed by atoms with Crippen LogP contribution in [-0.4, -0.2) is 76.3 Å². The van der Waals surface area contributed by atoms with E-state index in [4.69, 9.17) is 14.2 Å². The van der Waals surface area contributed by atoms with Crippen LogP contribution in [0.4, 0.5) is 0 Å². The van der Waals surface area contributed by atoms with E-state index in [1.54, 1.807) is 12.2 Å². The third kappa shape index (κ3) is 27.5. The number of unbranched alkanes of at least 4 members (excludes halogenated alkanes) is 16. The largest absolute Gasteiger partial charge is 0.462 e. The van der Waals surface area contributed by atoms with Crippen molar-refractivity contribution >= 4 is 11.9 Å². The van der Waals surface area contributed by atoms with E-state index in [-0.39, 0.29) is 31.3 Å². The van der Waals surface area contributed by atoms with Gasteiger partial charge in [-0.2, -0.15) is 0 Å². The minimum absolute atomic E-state index is 0.133. The van der Waals surface area contributed by atoms with Gasteiger partial charge in [-0.1, -0.05) is 161 Å². The molecule has 0 saturated carbocycles. The van der Waals surface area contributed by atoms with E-state index in [9.17, 15) is 30.0 Å². The van der Waals surface area contributed by atoms with Crippen molar-refractivity contribution in [2.75, 3.05) is 13.2 Å². The first kappa shape index (κ1) is 49.2. The molecule has 0 amide bonds. The summed E-state index contributed by atoms with van der Waals surface area (Å²) in [7, 11) is 0. The quantitative estimate of drug-likeness (QED) is 0.0287. The molecule has 1 rings (SSSR count). The molecule has 0 radical (unpaired) electrons. The fourth-order valence-corrected chi connectivity index (χ4v) is 6.80. The maximum absolute atomic E-state index is 12.3. The van der Waals surface area contributed by atoms with Crippen LogP contribution in [0.2, 0.25) is 0 Å². The van der Waals surface area contributed by atoms with Crippen LogP contribution in [-0.2, 0) is 23.8 Å². The van der Waals surface area contributed by atoms with E-state index in [2.05, 4.69) is 20.8 Å². The summed E-state index contributed by atoms with van der Waals surface area (Å²) >= 11 is 0. The average molecular weight is 753 g/mol. The fraction of sp³-hybridized carbons (Fsp3) is 0.864. The minimum atomic E-state index is -1.05. The van der Waals surface area contributed by atoms with Crippen molar-refractivity contribution in [1.82, 2.24) is 0 Å². The number of rotatable bonds is 34. The van der Waals surface area contributed by atoms with E-state index in [0.717, 1.165) is 44.4 Å². The van der Waals surface area contributed by atoms with Crippen LogP contribution in [0.15, 0.2) is 24.3 Å². The van der Waals surface area contributed by atoms with Gasteiger partial charge in [0.1, 0.15) is 6.61 Å². The lowest BCUT2D eigenvalue weighted by Crippen LogP contribution is -2.43. The molecule has 0 aromatic rings. The number of ether oxygens (including phenoxy) is 3. The number of aliphatic hydroxyl groups excluding tert-OH is 4. The Morgan fingerprint density at radius 1 is 0.774 bits per heavy atom. The molecule has 9 heteroatoms. The van der Waals surface area contributed by atoms with Crippen LogP contribution >= 0.6 is 0 Å². The summed E-state index contributed by atoms with van der Waals surface area (Å²) in [5.74, 6) is -0.157. The highest BCUT2D eigenvalue weighted by molar-refractivity contribution is 5.70. The summed E-state index contributed by atoms with van der Waals surface area (Å²) in [6.07, 6.45) is 30.0. The minimum Gasteiger partial charge on any atom is -0.462 e. The van der Waals surface area contributed by atoms with E-state index in [1.807, 2.05) is 12.2 Å². The normalized spacial score (nSPS) is 20.9. The second-order valence-corrected chi connectivity index (χ2v) is 15.5. The Morgan fingerprint density at radius 2 is 1.36 bits per heavy atom.